The van der Waals surface area contributed by atoms with E-state index < -0.39 is 0 Å². The van der Waals surface area contributed by atoms with Crippen LogP contribution in [0.2, 0.25) is 10.0 Å². The maximum Gasteiger partial charge on any atom is 0.272 e. The molecule has 1 aromatic heterocycles. The van der Waals surface area contributed by atoms with Crippen LogP contribution in [0.1, 0.15) is 24.0 Å². The monoisotopic (exact) mass is 550 g/mol. The highest BCUT2D eigenvalue weighted by Gasteiger charge is 2.21. The second-order valence-corrected chi connectivity index (χ2v) is 11.3. The van der Waals surface area contributed by atoms with Crippen molar-refractivity contribution in [1.29, 1.82) is 0 Å². The number of benzene rings is 2. The molecule has 3 aromatic rings. The van der Waals surface area contributed by atoms with Crippen LogP contribution in [0, 0.1) is 17.0 Å². The number of aryl methyl sites for hydroxylation is 1. The number of thiazole rings is 1. The minimum Gasteiger partial charge on any atom is -0.353 e. The standard InChI is InChI=1S/C24H24Cl2N4O3S2/c1-15-2-4-17(11-22(15)30(32)33)21-13-34-24(28-21)35-14-23(31)27-18-6-8-29(9-7-18)12-16-3-5-19(25)20(26)10-16/h2-5,10-11,13,18H,6-9,12,14H2,1H3,(H,27,31). The Morgan fingerprint density at radius 3 is 2.71 bits per heavy atom. The van der Waals surface area contributed by atoms with Gasteiger partial charge in [-0.2, -0.15) is 0 Å². The minimum atomic E-state index is -0.386. The largest absolute Gasteiger partial charge is 0.353 e. The third-order valence-electron chi connectivity index (χ3n) is 5.85. The number of hydrogen-bond donors (Lipinski definition) is 1. The van der Waals surface area contributed by atoms with Gasteiger partial charge >= 0.3 is 0 Å². The molecule has 2 heterocycles. The van der Waals surface area contributed by atoms with Crippen LogP contribution in [-0.2, 0) is 11.3 Å². The molecule has 7 nitrogen and oxygen atoms in total. The number of nitro groups is 1. The van der Waals surface area contributed by atoms with E-state index in [2.05, 4.69) is 15.2 Å². The molecule has 11 heteroatoms. The first-order valence-electron chi connectivity index (χ1n) is 11.1. The topological polar surface area (TPSA) is 88.4 Å². The van der Waals surface area contributed by atoms with Crippen LogP contribution in [-0.4, -0.2) is 45.6 Å². The van der Waals surface area contributed by atoms with E-state index in [9.17, 15) is 14.9 Å². The van der Waals surface area contributed by atoms with Crippen molar-refractivity contribution in [2.45, 2.75) is 36.7 Å². The van der Waals surface area contributed by atoms with E-state index in [1.165, 1.54) is 23.1 Å². The smallest absolute Gasteiger partial charge is 0.272 e. The second kappa shape index (κ2) is 11.7. The van der Waals surface area contributed by atoms with Crippen LogP contribution < -0.4 is 5.32 Å². The predicted molar refractivity (Wildman–Crippen MR) is 143 cm³/mol. The van der Waals surface area contributed by atoms with Gasteiger partial charge in [-0.15, -0.1) is 11.3 Å². The average Bonchev–Trinajstić information content (AvgIpc) is 3.31. The first-order chi connectivity index (χ1) is 16.8. The van der Waals surface area contributed by atoms with Gasteiger partial charge in [-0.05, 0) is 37.5 Å². The van der Waals surface area contributed by atoms with Crippen molar-refractivity contribution >= 4 is 57.9 Å². The van der Waals surface area contributed by atoms with Crippen LogP contribution in [0.25, 0.3) is 11.3 Å². The summed E-state index contributed by atoms with van der Waals surface area (Å²) in [6.07, 6.45) is 1.79. The molecule has 0 bridgehead atoms. The lowest BCUT2D eigenvalue weighted by molar-refractivity contribution is -0.385. The Kier molecular flexibility index (Phi) is 8.67. The summed E-state index contributed by atoms with van der Waals surface area (Å²) in [4.78, 5) is 30.2. The SMILES string of the molecule is Cc1ccc(-c2csc(SCC(=O)NC3CCN(Cc4ccc(Cl)c(Cl)c4)CC3)n2)cc1[N+](=O)[O-]. The zero-order chi connectivity index (χ0) is 24.9. The number of nitrogens with zero attached hydrogens (tertiary/aromatic N) is 3. The van der Waals surface area contributed by atoms with Crippen molar-refractivity contribution in [3.8, 4) is 11.3 Å². The highest BCUT2D eigenvalue weighted by Crippen LogP contribution is 2.31. The summed E-state index contributed by atoms with van der Waals surface area (Å²) >= 11 is 14.9. The molecule has 1 fully saturated rings. The summed E-state index contributed by atoms with van der Waals surface area (Å²) in [5.41, 5.74) is 3.19. The number of piperidine rings is 1. The number of nitrogens with one attached hydrogen (secondary N) is 1. The lowest BCUT2D eigenvalue weighted by Gasteiger charge is -2.32. The van der Waals surface area contributed by atoms with E-state index in [1.807, 2.05) is 29.6 Å². The molecule has 0 spiro atoms. The van der Waals surface area contributed by atoms with Gasteiger partial charge < -0.3 is 5.32 Å². The fourth-order valence-electron chi connectivity index (χ4n) is 3.95. The van der Waals surface area contributed by atoms with Crippen molar-refractivity contribution in [3.63, 3.8) is 0 Å². The Bertz CT molecular complexity index is 1230. The van der Waals surface area contributed by atoms with Crippen molar-refractivity contribution in [3.05, 3.63) is 73.1 Å². The Balaban J connectivity index is 1.22. The molecule has 1 saturated heterocycles. The Morgan fingerprint density at radius 2 is 2.00 bits per heavy atom. The van der Waals surface area contributed by atoms with E-state index in [4.69, 9.17) is 23.2 Å². The van der Waals surface area contributed by atoms with Gasteiger partial charge in [-0.3, -0.25) is 19.8 Å². The van der Waals surface area contributed by atoms with Crippen molar-refractivity contribution in [2.24, 2.45) is 0 Å². The molecule has 0 unspecified atom stereocenters. The van der Waals surface area contributed by atoms with E-state index in [0.717, 1.165) is 42.4 Å². The predicted octanol–water partition coefficient (Wildman–Crippen LogP) is 6.21. The van der Waals surface area contributed by atoms with Crippen LogP contribution in [0.3, 0.4) is 0 Å². The number of rotatable bonds is 8. The van der Waals surface area contributed by atoms with E-state index >= 15 is 0 Å². The number of aromatic nitrogens is 1. The van der Waals surface area contributed by atoms with Crippen LogP contribution in [0.5, 0.6) is 0 Å². The van der Waals surface area contributed by atoms with Crippen molar-refractivity contribution < 1.29 is 9.72 Å². The van der Waals surface area contributed by atoms with Gasteiger partial charge in [-0.25, -0.2) is 4.98 Å². The number of hydrogen-bond acceptors (Lipinski definition) is 7. The fourth-order valence-corrected chi connectivity index (χ4v) is 5.92. The summed E-state index contributed by atoms with van der Waals surface area (Å²) in [7, 11) is 0. The van der Waals surface area contributed by atoms with Gasteiger partial charge in [-0.1, -0.05) is 53.2 Å². The second-order valence-electron chi connectivity index (χ2n) is 8.41. The number of carbonyl (C=O) groups is 1. The highest BCUT2D eigenvalue weighted by molar-refractivity contribution is 8.01. The molecule has 0 saturated carbocycles. The fraction of sp³-hybridized carbons (Fsp3) is 0.333. The molecule has 1 aliphatic heterocycles. The highest BCUT2D eigenvalue weighted by atomic mass is 35.5. The Labute approximate surface area is 222 Å². The molecule has 2 aromatic carbocycles. The summed E-state index contributed by atoms with van der Waals surface area (Å²) in [5, 5.41) is 17.3. The molecule has 0 radical (unpaired) electrons. The number of amides is 1. The molecule has 4 rings (SSSR count). The molecule has 1 aliphatic rings. The quantitative estimate of drug-likeness (QED) is 0.204. The van der Waals surface area contributed by atoms with E-state index in [-0.39, 0.29) is 28.3 Å². The van der Waals surface area contributed by atoms with Crippen molar-refractivity contribution in [1.82, 2.24) is 15.2 Å². The molecule has 0 aliphatic carbocycles. The van der Waals surface area contributed by atoms with Crippen LogP contribution in [0.4, 0.5) is 5.69 Å². The number of carbonyl (C=O) groups excluding carboxylic acids is 1. The van der Waals surface area contributed by atoms with Crippen molar-refractivity contribution in [2.75, 3.05) is 18.8 Å². The van der Waals surface area contributed by atoms with Gasteiger partial charge in [0.1, 0.15) is 0 Å². The first kappa shape index (κ1) is 25.9. The lowest BCUT2D eigenvalue weighted by atomic mass is 10.0. The molecule has 1 N–H and O–H groups in total. The summed E-state index contributed by atoms with van der Waals surface area (Å²) in [6.45, 7) is 4.32. The number of thioether (sulfide) groups is 1. The summed E-state index contributed by atoms with van der Waals surface area (Å²) < 4.78 is 0.759. The third kappa shape index (κ3) is 6.95. The summed E-state index contributed by atoms with van der Waals surface area (Å²) in [6, 6.07) is 11.0. The Morgan fingerprint density at radius 1 is 1.23 bits per heavy atom. The van der Waals surface area contributed by atoms with Crippen LogP contribution in [0.15, 0.2) is 46.1 Å². The maximum absolute atomic E-state index is 12.5. The van der Waals surface area contributed by atoms with Gasteiger partial charge in [0.15, 0.2) is 4.34 Å². The normalized spacial score (nSPS) is 14.7. The number of nitro benzene ring substituents is 1. The lowest BCUT2D eigenvalue weighted by Crippen LogP contribution is -2.44. The first-order valence-corrected chi connectivity index (χ1v) is 13.7. The molecular formula is C24H24Cl2N4O3S2. The van der Waals surface area contributed by atoms with Gasteiger partial charge in [0, 0.05) is 48.2 Å². The molecule has 1 amide bonds. The van der Waals surface area contributed by atoms with E-state index in [0.29, 0.717) is 26.9 Å². The zero-order valence-corrected chi connectivity index (χ0v) is 22.1. The zero-order valence-electron chi connectivity index (χ0n) is 19.0. The average molecular weight is 552 g/mol. The molecule has 35 heavy (non-hydrogen) atoms. The summed E-state index contributed by atoms with van der Waals surface area (Å²) in [5.74, 6) is 0.269. The number of halogens is 2. The van der Waals surface area contributed by atoms with Crippen LogP contribution >= 0.6 is 46.3 Å². The molecular weight excluding hydrogens is 527 g/mol. The maximum atomic E-state index is 12.5. The van der Waals surface area contributed by atoms with Gasteiger partial charge in [0.2, 0.25) is 5.91 Å². The molecule has 0 atom stereocenters. The molecule has 184 valence electrons. The van der Waals surface area contributed by atoms with E-state index in [1.54, 1.807) is 19.1 Å². The minimum absolute atomic E-state index is 0.0133. The van der Waals surface area contributed by atoms with Gasteiger partial charge in [0.05, 0.1) is 26.4 Å². The van der Waals surface area contributed by atoms with Gasteiger partial charge in [0.25, 0.3) is 5.69 Å². The Hall–Kier alpha value is -2.17. The third-order valence-corrected chi connectivity index (χ3v) is 8.61. The number of likely N-dealkylation sites (tertiary alicyclic amines) is 1.